The average molecular weight is 870 g/mol. The molecule has 322 valence electrons. The zero-order valence-corrected chi connectivity index (χ0v) is 36.4. The molecule has 9 aromatic heterocycles. The van der Waals surface area contributed by atoms with Gasteiger partial charge in [0.05, 0.1) is 39.5 Å². The van der Waals surface area contributed by atoms with Gasteiger partial charge in [0.25, 0.3) is 0 Å². The Morgan fingerprint density at radius 2 is 1.06 bits per heavy atom. The van der Waals surface area contributed by atoms with Crippen molar-refractivity contribution in [2.45, 2.75) is 65.1 Å². The first-order chi connectivity index (χ1) is 30.4. The number of aliphatic hydroxyl groups excluding tert-OH is 2. The lowest BCUT2D eigenvalue weighted by molar-refractivity contribution is 0.166. The second kappa shape index (κ2) is 15.1. The highest BCUT2D eigenvalue weighted by atomic mass is 31.0. The van der Waals surface area contributed by atoms with Crippen molar-refractivity contribution in [3.05, 3.63) is 76.1 Å². The predicted molar refractivity (Wildman–Crippen MR) is 238 cm³/mol. The van der Waals surface area contributed by atoms with E-state index in [0.717, 1.165) is 120 Å². The van der Waals surface area contributed by atoms with Gasteiger partial charge in [-0.15, -0.1) is 0 Å². The van der Waals surface area contributed by atoms with Crippen LogP contribution in [0.5, 0.6) is 0 Å². The Labute approximate surface area is 360 Å². The summed E-state index contributed by atoms with van der Waals surface area (Å²) in [7, 11) is 8.37. The normalized spacial score (nSPS) is 16.1. The number of allylic oxidation sites excluding steroid dienone is 1. The summed E-state index contributed by atoms with van der Waals surface area (Å²) < 4.78 is 22.1. The number of hydrogen-bond acceptors (Lipinski definition) is 17. The summed E-state index contributed by atoms with van der Waals surface area (Å²) in [5.74, 6) is 3.70. The Bertz CT molecular complexity index is 3310. The van der Waals surface area contributed by atoms with E-state index in [1.54, 1.807) is 0 Å². The summed E-state index contributed by atoms with van der Waals surface area (Å²) in [6.07, 6.45) is 11.0. The van der Waals surface area contributed by atoms with Crippen LogP contribution in [0.25, 0.3) is 72.9 Å². The second-order valence-electron chi connectivity index (χ2n) is 15.8. The minimum atomic E-state index is -0.584. The number of aliphatic hydroxyl groups is 2. The topological polar surface area (TPSA) is 275 Å². The molecule has 9 aromatic rings. The molecule has 9 heterocycles. The van der Waals surface area contributed by atoms with Crippen LogP contribution in [-0.4, -0.2) is 69.3 Å². The highest BCUT2D eigenvalue weighted by molar-refractivity contribution is 7.18. The van der Waals surface area contributed by atoms with Crippen LogP contribution in [-0.2, 0) is 40.4 Å². The number of hydrogen-bond donors (Lipinski definition) is 5. The smallest absolute Gasteiger partial charge is 0.146 e. The first-order valence-electron chi connectivity index (χ1n) is 20.3. The van der Waals surface area contributed by atoms with Crippen LogP contribution in [0.15, 0.2) is 38.6 Å². The lowest BCUT2D eigenvalue weighted by atomic mass is 10.0. The molecule has 0 aliphatic heterocycles. The van der Waals surface area contributed by atoms with E-state index in [9.17, 15) is 10.2 Å². The van der Waals surface area contributed by atoms with Crippen molar-refractivity contribution in [3.63, 3.8) is 0 Å². The van der Waals surface area contributed by atoms with Crippen LogP contribution in [0.1, 0.15) is 76.1 Å². The molecule has 3 atom stereocenters. The Kier molecular flexibility index (Phi) is 9.61. The second-order valence-corrected chi connectivity index (χ2v) is 16.1. The van der Waals surface area contributed by atoms with Crippen LogP contribution < -0.4 is 16.6 Å². The molecule has 0 aromatic carbocycles. The van der Waals surface area contributed by atoms with Crippen LogP contribution in [0.4, 0.5) is 17.5 Å². The predicted octanol–water partition coefficient (Wildman–Crippen LogP) is 5.69. The molecule has 0 spiro atoms. The molecule has 63 heavy (non-hydrogen) atoms. The molecule has 0 amide bonds. The van der Waals surface area contributed by atoms with E-state index >= 15 is 0 Å². The van der Waals surface area contributed by atoms with Gasteiger partial charge in [-0.25, -0.2) is 29.9 Å². The Morgan fingerprint density at radius 3 is 1.60 bits per heavy atom. The largest absolute Gasteiger partial charge is 0.388 e. The monoisotopic (exact) mass is 869 g/mol. The van der Waals surface area contributed by atoms with Gasteiger partial charge in [-0.3, -0.25) is 0 Å². The molecule has 12 rings (SSSR count). The lowest BCUT2D eigenvalue weighted by Crippen LogP contribution is -2.02. The van der Waals surface area contributed by atoms with Gasteiger partial charge in [0.1, 0.15) is 87.7 Å². The van der Waals surface area contributed by atoms with Gasteiger partial charge < -0.3 is 54.0 Å². The van der Waals surface area contributed by atoms with Gasteiger partial charge >= 0.3 is 0 Å². The third-order valence-corrected chi connectivity index (χ3v) is 12.7. The van der Waals surface area contributed by atoms with Crippen molar-refractivity contribution in [1.29, 1.82) is 0 Å². The number of fused-ring (bicyclic) bond motifs is 15. The number of nitrogens with one attached hydrogen (secondary N) is 1. The SMILES string of the molecule is Cc1onc2c1C(O)CCc1c-2c2c(N)ncnc2n1C.Cc1onc2c1C(O)CCc1c-2c2c(NP)ncnc2n1C.Cc1onc2c1C=CCc1c-2c2c(N)ncnc2n1C. The fourth-order valence-electron chi connectivity index (χ4n) is 9.43. The fraction of sp³-hybridized carbons (Fsp3) is 0.310. The minimum Gasteiger partial charge on any atom is -0.388 e. The summed E-state index contributed by atoms with van der Waals surface area (Å²) >= 11 is 0. The maximum absolute atomic E-state index is 10.4. The Balaban J connectivity index is 0.000000112. The zero-order chi connectivity index (χ0) is 44.0. The summed E-state index contributed by atoms with van der Waals surface area (Å²) in [5.41, 5.74) is 25.3. The first kappa shape index (κ1) is 40.1. The van der Waals surface area contributed by atoms with E-state index in [0.29, 0.717) is 47.4 Å². The first-order valence-corrected chi connectivity index (χ1v) is 20.8. The van der Waals surface area contributed by atoms with Gasteiger partial charge in [-0.05, 0) is 55.8 Å². The molecule has 0 fully saturated rings. The van der Waals surface area contributed by atoms with E-state index in [1.165, 1.54) is 19.0 Å². The molecule has 0 bridgehead atoms. The zero-order valence-electron chi connectivity index (χ0n) is 35.3. The lowest BCUT2D eigenvalue weighted by Gasteiger charge is -2.08. The number of aryl methyl sites for hydroxylation is 6. The number of nitrogen functional groups attached to an aromatic ring is 2. The Hall–Kier alpha value is -7.02. The molecular formula is C42H44N15O5P. The van der Waals surface area contributed by atoms with Gasteiger partial charge in [-0.1, -0.05) is 27.6 Å². The summed E-state index contributed by atoms with van der Waals surface area (Å²) in [5, 5.41) is 38.9. The fourth-order valence-corrected chi connectivity index (χ4v) is 9.65. The maximum Gasteiger partial charge on any atom is 0.146 e. The van der Waals surface area contributed by atoms with Gasteiger partial charge in [0.2, 0.25) is 0 Å². The highest BCUT2D eigenvalue weighted by Gasteiger charge is 2.34. The van der Waals surface area contributed by atoms with E-state index < -0.39 is 12.2 Å². The number of aromatic nitrogens is 12. The molecule has 7 N–H and O–H groups in total. The molecule has 0 saturated carbocycles. The standard InChI is InChI=1S/C14H16N5O2P.C14H15N5O2.C14H13N5O/c1-6-9-8(20)4-3-7-10(12(9)17-21-6)11-13(18-22)15-5-16-14(11)19(7)2;1-6-9-8(20)4-3-7-10(12(9)18-21-6)11-13(15)16-5-17-14(11)19(7)2;1-7-8-4-3-5-9-10(12(8)18-20-7)11-13(15)16-6-17-14(11)19(9)2/h5,8,20H,3-4,22H2,1-2H3,(H,15,16,18);5,8,20H,3-4H2,1-2H3,(H2,15,16,17);3-4,6H,5H2,1-2H3,(H2,15,16,17). The summed E-state index contributed by atoms with van der Waals surface area (Å²) in [6.45, 7) is 5.55. The van der Waals surface area contributed by atoms with Crippen LogP contribution in [0, 0.1) is 20.8 Å². The molecule has 21 heteroatoms. The van der Waals surface area contributed by atoms with E-state index in [1.807, 2.05) is 61.7 Å². The molecule has 20 nitrogen and oxygen atoms in total. The van der Waals surface area contributed by atoms with Crippen molar-refractivity contribution in [2.75, 3.05) is 16.6 Å². The molecule has 3 aliphatic carbocycles. The summed E-state index contributed by atoms with van der Waals surface area (Å²) in [6, 6.07) is 0. The summed E-state index contributed by atoms with van der Waals surface area (Å²) in [4.78, 5) is 25.6. The molecule has 0 radical (unpaired) electrons. The van der Waals surface area contributed by atoms with Gasteiger partial charge in [-0.2, -0.15) is 0 Å². The van der Waals surface area contributed by atoms with Crippen molar-refractivity contribution in [2.24, 2.45) is 21.1 Å². The van der Waals surface area contributed by atoms with E-state index in [-0.39, 0.29) is 0 Å². The van der Waals surface area contributed by atoms with E-state index in [2.05, 4.69) is 65.9 Å². The number of rotatable bonds is 1. The van der Waals surface area contributed by atoms with Crippen molar-refractivity contribution < 1.29 is 23.8 Å². The van der Waals surface area contributed by atoms with Crippen LogP contribution in [0.3, 0.4) is 0 Å². The number of nitrogens with zero attached hydrogens (tertiary/aromatic N) is 12. The van der Waals surface area contributed by atoms with Crippen LogP contribution in [0.2, 0.25) is 0 Å². The number of anilines is 3. The van der Waals surface area contributed by atoms with Crippen LogP contribution >= 0.6 is 9.39 Å². The minimum absolute atomic E-state index is 0.417. The van der Waals surface area contributed by atoms with Crippen molar-refractivity contribution >= 4 is 66.0 Å². The third-order valence-electron chi connectivity index (χ3n) is 12.5. The molecule has 3 aliphatic rings. The highest BCUT2D eigenvalue weighted by Crippen LogP contribution is 2.46. The molecular weight excluding hydrogens is 826 g/mol. The van der Waals surface area contributed by atoms with Gasteiger partial charge in [0, 0.05) is 66.9 Å². The van der Waals surface area contributed by atoms with Crippen molar-refractivity contribution in [1.82, 2.24) is 59.1 Å². The maximum atomic E-state index is 10.4. The molecule has 3 unspecified atom stereocenters. The quantitative estimate of drug-likeness (QED) is 0.124. The Morgan fingerprint density at radius 1 is 0.619 bits per heavy atom. The third kappa shape index (κ3) is 6.03. The van der Waals surface area contributed by atoms with E-state index in [4.69, 9.17) is 25.0 Å². The van der Waals surface area contributed by atoms with Crippen molar-refractivity contribution in [3.8, 4) is 33.8 Å². The van der Waals surface area contributed by atoms with Gasteiger partial charge in [0.15, 0.2) is 0 Å². The number of nitrogens with two attached hydrogens (primary N) is 2. The molecule has 0 saturated heterocycles. The average Bonchev–Trinajstić information content (AvgIpc) is 4.06.